The van der Waals surface area contributed by atoms with Gasteiger partial charge in [-0.1, -0.05) is 44.2 Å². The van der Waals surface area contributed by atoms with E-state index in [-0.39, 0.29) is 17.7 Å². The lowest BCUT2D eigenvalue weighted by molar-refractivity contribution is 0.303. The van der Waals surface area contributed by atoms with Gasteiger partial charge in [0.05, 0.1) is 9.77 Å². The summed E-state index contributed by atoms with van der Waals surface area (Å²) < 4.78 is 13.0. The molecule has 0 aliphatic rings. The van der Waals surface area contributed by atoms with Crippen LogP contribution in [0.2, 0.25) is 0 Å². The number of nitrogens with two attached hydrogens (primary N) is 2. The molecule has 7 heteroatoms. The van der Waals surface area contributed by atoms with Crippen LogP contribution in [0.1, 0.15) is 30.9 Å². The van der Waals surface area contributed by atoms with E-state index in [0.29, 0.717) is 18.1 Å². The molecule has 0 amide bonds. The predicted octanol–water partition coefficient (Wildman–Crippen LogP) is 4.74. The number of rotatable bonds is 6. The molecule has 4 N–H and O–H groups in total. The number of hydrogen-bond donors (Lipinski definition) is 2. The second kappa shape index (κ2) is 8.43. The number of nitrogens with zero attached hydrogens (tertiary/aromatic N) is 2. The average Bonchev–Trinajstić information content (AvgIpc) is 2.64. The van der Waals surface area contributed by atoms with Gasteiger partial charge in [-0.15, -0.1) is 0 Å². The molecule has 0 unspecified atom stereocenters. The van der Waals surface area contributed by atoms with E-state index >= 15 is 0 Å². The maximum Gasteiger partial charge on any atom is 0.222 e. The molecule has 0 radical (unpaired) electrons. The van der Waals surface area contributed by atoms with Crippen LogP contribution in [0.3, 0.4) is 0 Å². The minimum Gasteiger partial charge on any atom is -0.488 e. The monoisotopic (exact) mass is 476 g/mol. The van der Waals surface area contributed by atoms with Gasteiger partial charge in [-0.2, -0.15) is 4.98 Å². The van der Waals surface area contributed by atoms with Gasteiger partial charge in [0.2, 0.25) is 5.95 Å². The smallest absolute Gasteiger partial charge is 0.222 e. The molecular weight excluding hydrogens is 455 g/mol. The summed E-state index contributed by atoms with van der Waals surface area (Å²) in [4.78, 5) is 7.89. The lowest BCUT2D eigenvalue weighted by Gasteiger charge is -2.18. The first-order valence-electron chi connectivity index (χ1n) is 8.50. The minimum atomic E-state index is 0.114. The van der Waals surface area contributed by atoms with Crippen molar-refractivity contribution in [3.05, 3.63) is 63.4 Å². The highest BCUT2D eigenvalue weighted by Gasteiger charge is 2.16. The SMILES string of the molecule is CC(C)c1cc(OCc2ccccc2)c(I)cc1Oc1cnc(N)nc1N. The molecule has 27 heavy (non-hydrogen) atoms. The van der Waals surface area contributed by atoms with Crippen molar-refractivity contribution >= 4 is 34.4 Å². The Morgan fingerprint density at radius 2 is 1.78 bits per heavy atom. The maximum absolute atomic E-state index is 6.03. The Hall–Kier alpha value is -2.55. The highest BCUT2D eigenvalue weighted by Crippen LogP contribution is 2.38. The van der Waals surface area contributed by atoms with E-state index in [4.69, 9.17) is 20.9 Å². The first-order valence-corrected chi connectivity index (χ1v) is 9.58. The standard InChI is InChI=1S/C20H21IN4O2/c1-12(2)14-8-17(26-11-13-6-4-3-5-7-13)15(21)9-16(14)27-18-10-24-20(23)25-19(18)22/h3-10,12H,11H2,1-2H3,(H4,22,23,24,25). The summed E-state index contributed by atoms with van der Waals surface area (Å²) in [6, 6.07) is 14.0. The van der Waals surface area contributed by atoms with Gasteiger partial charge in [0.25, 0.3) is 0 Å². The second-order valence-corrected chi connectivity index (χ2v) is 7.49. The zero-order valence-corrected chi connectivity index (χ0v) is 17.3. The fourth-order valence-electron chi connectivity index (χ4n) is 2.53. The number of halogens is 1. The third-order valence-electron chi connectivity index (χ3n) is 3.94. The Kier molecular flexibility index (Phi) is 6.00. The molecule has 0 saturated heterocycles. The molecule has 0 bridgehead atoms. The van der Waals surface area contributed by atoms with Crippen LogP contribution in [0.5, 0.6) is 17.2 Å². The first kappa shape index (κ1) is 19.2. The summed E-state index contributed by atoms with van der Waals surface area (Å²) in [6.07, 6.45) is 1.48. The maximum atomic E-state index is 6.03. The summed E-state index contributed by atoms with van der Waals surface area (Å²) in [5.74, 6) is 2.44. The van der Waals surface area contributed by atoms with E-state index in [1.54, 1.807) is 0 Å². The van der Waals surface area contributed by atoms with Crippen LogP contribution in [0.4, 0.5) is 11.8 Å². The number of aromatic nitrogens is 2. The Bertz CT molecular complexity index is 933. The quantitative estimate of drug-likeness (QED) is 0.499. The summed E-state index contributed by atoms with van der Waals surface area (Å²) in [7, 11) is 0. The zero-order chi connectivity index (χ0) is 19.4. The third-order valence-corrected chi connectivity index (χ3v) is 4.79. The molecule has 0 atom stereocenters. The topological polar surface area (TPSA) is 96.3 Å². The van der Waals surface area contributed by atoms with Gasteiger partial charge in [0, 0.05) is 5.56 Å². The van der Waals surface area contributed by atoms with E-state index in [1.807, 2.05) is 42.5 Å². The highest BCUT2D eigenvalue weighted by atomic mass is 127. The van der Waals surface area contributed by atoms with Gasteiger partial charge in [0.15, 0.2) is 11.6 Å². The van der Waals surface area contributed by atoms with E-state index in [1.165, 1.54) is 6.20 Å². The molecule has 140 valence electrons. The summed E-state index contributed by atoms with van der Waals surface area (Å²) >= 11 is 2.24. The average molecular weight is 476 g/mol. The highest BCUT2D eigenvalue weighted by molar-refractivity contribution is 14.1. The first-order chi connectivity index (χ1) is 12.9. The van der Waals surface area contributed by atoms with E-state index in [9.17, 15) is 0 Å². The van der Waals surface area contributed by atoms with Gasteiger partial charge in [0.1, 0.15) is 18.1 Å². The summed E-state index contributed by atoms with van der Waals surface area (Å²) in [5, 5.41) is 0. The molecule has 2 aromatic carbocycles. The Morgan fingerprint density at radius 3 is 2.44 bits per heavy atom. The van der Waals surface area contributed by atoms with Crippen molar-refractivity contribution in [1.29, 1.82) is 0 Å². The van der Waals surface area contributed by atoms with E-state index in [2.05, 4.69) is 46.4 Å². The molecule has 0 saturated carbocycles. The van der Waals surface area contributed by atoms with Crippen LogP contribution >= 0.6 is 22.6 Å². The number of hydrogen-bond acceptors (Lipinski definition) is 6. The predicted molar refractivity (Wildman–Crippen MR) is 115 cm³/mol. The van der Waals surface area contributed by atoms with Crippen LogP contribution in [-0.2, 0) is 6.61 Å². The van der Waals surface area contributed by atoms with Crippen molar-refractivity contribution in [1.82, 2.24) is 9.97 Å². The largest absolute Gasteiger partial charge is 0.488 e. The zero-order valence-electron chi connectivity index (χ0n) is 15.1. The van der Waals surface area contributed by atoms with Crippen LogP contribution in [0, 0.1) is 3.57 Å². The van der Waals surface area contributed by atoms with Crippen molar-refractivity contribution in [2.24, 2.45) is 0 Å². The molecule has 3 rings (SSSR count). The van der Waals surface area contributed by atoms with Gasteiger partial charge in [-0.25, -0.2) is 4.98 Å². The summed E-state index contributed by atoms with van der Waals surface area (Å²) in [5.41, 5.74) is 13.6. The van der Waals surface area contributed by atoms with Crippen LogP contribution < -0.4 is 20.9 Å². The molecule has 6 nitrogen and oxygen atoms in total. The van der Waals surface area contributed by atoms with Crippen LogP contribution in [0.25, 0.3) is 0 Å². The van der Waals surface area contributed by atoms with Crippen LogP contribution in [0.15, 0.2) is 48.7 Å². The van der Waals surface area contributed by atoms with Crippen LogP contribution in [-0.4, -0.2) is 9.97 Å². The Balaban J connectivity index is 1.87. The molecule has 0 aliphatic heterocycles. The fraction of sp³-hybridized carbons (Fsp3) is 0.200. The van der Waals surface area contributed by atoms with Crippen molar-refractivity contribution in [3.8, 4) is 17.2 Å². The minimum absolute atomic E-state index is 0.114. The second-order valence-electron chi connectivity index (χ2n) is 6.33. The number of nitrogen functional groups attached to an aromatic ring is 2. The number of anilines is 2. The Labute approximate surface area is 172 Å². The van der Waals surface area contributed by atoms with E-state index < -0.39 is 0 Å². The lowest BCUT2D eigenvalue weighted by Crippen LogP contribution is -2.04. The van der Waals surface area contributed by atoms with Gasteiger partial charge >= 0.3 is 0 Å². The lowest BCUT2D eigenvalue weighted by atomic mass is 10.0. The number of benzene rings is 2. The van der Waals surface area contributed by atoms with Crippen molar-refractivity contribution < 1.29 is 9.47 Å². The van der Waals surface area contributed by atoms with Gasteiger partial charge < -0.3 is 20.9 Å². The molecule has 1 aromatic heterocycles. The molecule has 0 fully saturated rings. The van der Waals surface area contributed by atoms with Gasteiger partial charge in [-0.3, -0.25) is 0 Å². The molecule has 1 heterocycles. The van der Waals surface area contributed by atoms with Crippen molar-refractivity contribution in [3.63, 3.8) is 0 Å². The van der Waals surface area contributed by atoms with Crippen molar-refractivity contribution in [2.75, 3.05) is 11.5 Å². The molecular formula is C20H21IN4O2. The fourth-order valence-corrected chi connectivity index (χ4v) is 3.13. The molecule has 0 spiro atoms. The molecule has 3 aromatic rings. The number of ether oxygens (including phenoxy) is 2. The summed E-state index contributed by atoms with van der Waals surface area (Å²) in [6.45, 7) is 4.70. The van der Waals surface area contributed by atoms with E-state index in [0.717, 1.165) is 20.4 Å². The van der Waals surface area contributed by atoms with Gasteiger partial charge in [-0.05, 0) is 46.2 Å². The third kappa shape index (κ3) is 4.79. The molecule has 0 aliphatic carbocycles. The Morgan fingerprint density at radius 1 is 1.04 bits per heavy atom. The normalized spacial score (nSPS) is 10.8. The van der Waals surface area contributed by atoms with Crippen molar-refractivity contribution in [2.45, 2.75) is 26.4 Å².